The van der Waals surface area contributed by atoms with Crippen LogP contribution in [-0.2, 0) is 0 Å². The van der Waals surface area contributed by atoms with Gasteiger partial charge >= 0.3 is 0 Å². The number of hydrogen-bond acceptors (Lipinski definition) is 2. The molecule has 100 valence electrons. The van der Waals surface area contributed by atoms with E-state index in [1.54, 1.807) is 11.9 Å². The van der Waals surface area contributed by atoms with Crippen molar-refractivity contribution in [3.8, 4) is 17.2 Å². The van der Waals surface area contributed by atoms with Crippen molar-refractivity contribution in [2.24, 2.45) is 0 Å². The molecule has 0 saturated carbocycles. The molecule has 0 aliphatic heterocycles. The molecule has 0 spiro atoms. The first kappa shape index (κ1) is 13.8. The van der Waals surface area contributed by atoms with E-state index in [4.69, 9.17) is 5.26 Å². The first-order valence-electron chi connectivity index (χ1n) is 6.50. The molecule has 0 bridgehead atoms. The lowest BCUT2D eigenvalue weighted by atomic mass is 10.0. The molecule has 0 aromatic heterocycles. The van der Waals surface area contributed by atoms with Crippen molar-refractivity contribution in [3.05, 3.63) is 60.2 Å². The zero-order valence-corrected chi connectivity index (χ0v) is 11.4. The molecule has 0 fully saturated rings. The third kappa shape index (κ3) is 3.24. The van der Waals surface area contributed by atoms with Crippen LogP contribution >= 0.6 is 0 Å². The maximum atomic E-state index is 12.1. The van der Waals surface area contributed by atoms with E-state index in [-0.39, 0.29) is 5.91 Å². The van der Waals surface area contributed by atoms with E-state index < -0.39 is 0 Å². The fourth-order valence-electron chi connectivity index (χ4n) is 1.98. The Bertz CT molecular complexity index is 612. The third-order valence-electron chi connectivity index (χ3n) is 3.14. The lowest BCUT2D eigenvalue weighted by molar-refractivity contribution is 0.0798. The zero-order valence-electron chi connectivity index (χ0n) is 11.4. The van der Waals surface area contributed by atoms with Crippen molar-refractivity contribution < 1.29 is 4.79 Å². The molecule has 0 N–H and O–H groups in total. The molecular formula is C17H16N2O. The fraction of sp³-hybridized carbons (Fsp3) is 0.176. The molecule has 2 rings (SSSR count). The van der Waals surface area contributed by atoms with Gasteiger partial charge < -0.3 is 4.90 Å². The number of carbonyl (C=O) groups excluding carboxylic acids is 1. The van der Waals surface area contributed by atoms with E-state index in [0.717, 1.165) is 11.1 Å². The van der Waals surface area contributed by atoms with E-state index in [0.29, 0.717) is 18.5 Å². The molecule has 2 aromatic carbocycles. The molecule has 2 aromatic rings. The molecule has 0 unspecified atom stereocenters. The summed E-state index contributed by atoms with van der Waals surface area (Å²) in [5, 5.41) is 8.54. The first-order valence-corrected chi connectivity index (χ1v) is 6.50. The molecule has 0 atom stereocenters. The van der Waals surface area contributed by atoms with Crippen LogP contribution in [-0.4, -0.2) is 24.4 Å². The van der Waals surface area contributed by atoms with Crippen LogP contribution in [0.2, 0.25) is 0 Å². The van der Waals surface area contributed by atoms with Gasteiger partial charge in [0, 0.05) is 19.2 Å². The second-order valence-corrected chi connectivity index (χ2v) is 4.58. The lowest BCUT2D eigenvalue weighted by Crippen LogP contribution is -2.27. The molecular weight excluding hydrogens is 248 g/mol. The molecule has 0 saturated heterocycles. The van der Waals surface area contributed by atoms with Crippen molar-refractivity contribution in [1.82, 2.24) is 4.90 Å². The summed E-state index contributed by atoms with van der Waals surface area (Å²) in [7, 11) is 1.71. The van der Waals surface area contributed by atoms with Gasteiger partial charge in [-0.05, 0) is 23.3 Å². The number of hydrogen-bond donors (Lipinski definition) is 0. The Morgan fingerprint density at radius 3 is 2.25 bits per heavy atom. The summed E-state index contributed by atoms with van der Waals surface area (Å²) in [6.45, 7) is 0.454. The number of nitriles is 1. The smallest absolute Gasteiger partial charge is 0.253 e. The van der Waals surface area contributed by atoms with Gasteiger partial charge in [0.1, 0.15) is 0 Å². The molecule has 3 heteroatoms. The van der Waals surface area contributed by atoms with Crippen LogP contribution in [0, 0.1) is 11.3 Å². The number of carbonyl (C=O) groups is 1. The lowest BCUT2D eigenvalue weighted by Gasteiger charge is -2.15. The molecule has 0 aliphatic carbocycles. The summed E-state index contributed by atoms with van der Waals surface area (Å²) in [5.41, 5.74) is 2.86. The van der Waals surface area contributed by atoms with Crippen LogP contribution in [0.25, 0.3) is 11.1 Å². The van der Waals surface area contributed by atoms with E-state index >= 15 is 0 Å². The number of rotatable bonds is 4. The van der Waals surface area contributed by atoms with Crippen molar-refractivity contribution in [3.63, 3.8) is 0 Å². The van der Waals surface area contributed by atoms with Gasteiger partial charge in [-0.3, -0.25) is 4.79 Å². The summed E-state index contributed by atoms with van der Waals surface area (Å²) in [4.78, 5) is 13.7. The number of amides is 1. The Morgan fingerprint density at radius 1 is 1.05 bits per heavy atom. The van der Waals surface area contributed by atoms with Crippen LogP contribution in [0.1, 0.15) is 16.8 Å². The van der Waals surface area contributed by atoms with Gasteiger partial charge in [0.2, 0.25) is 0 Å². The molecule has 0 radical (unpaired) electrons. The Morgan fingerprint density at radius 2 is 1.65 bits per heavy atom. The van der Waals surface area contributed by atoms with Gasteiger partial charge in [-0.1, -0.05) is 42.5 Å². The predicted octanol–water partition coefficient (Wildman–Crippen LogP) is 3.34. The summed E-state index contributed by atoms with van der Waals surface area (Å²) in [6.07, 6.45) is 0.352. The Balaban J connectivity index is 2.13. The highest BCUT2D eigenvalue weighted by Crippen LogP contribution is 2.19. The summed E-state index contributed by atoms with van der Waals surface area (Å²) >= 11 is 0. The van der Waals surface area contributed by atoms with E-state index in [1.807, 2.05) is 60.7 Å². The quantitative estimate of drug-likeness (QED) is 0.850. The maximum absolute atomic E-state index is 12.1. The van der Waals surface area contributed by atoms with E-state index in [9.17, 15) is 4.79 Å². The van der Waals surface area contributed by atoms with E-state index in [1.165, 1.54) is 0 Å². The molecule has 0 aliphatic rings. The molecule has 20 heavy (non-hydrogen) atoms. The average Bonchev–Trinajstić information content (AvgIpc) is 2.53. The minimum atomic E-state index is -0.0557. The normalized spacial score (nSPS) is 9.80. The second kappa shape index (κ2) is 6.53. The van der Waals surface area contributed by atoms with Crippen LogP contribution in [0.3, 0.4) is 0 Å². The monoisotopic (exact) mass is 264 g/mol. The average molecular weight is 264 g/mol. The summed E-state index contributed by atoms with van der Waals surface area (Å²) in [5.74, 6) is -0.0557. The van der Waals surface area contributed by atoms with Gasteiger partial charge in [-0.2, -0.15) is 5.26 Å². The van der Waals surface area contributed by atoms with Crippen molar-refractivity contribution in [2.75, 3.05) is 13.6 Å². The largest absolute Gasteiger partial charge is 0.341 e. The first-order chi connectivity index (χ1) is 9.72. The van der Waals surface area contributed by atoms with Gasteiger partial charge in [-0.25, -0.2) is 0 Å². The molecule has 3 nitrogen and oxygen atoms in total. The van der Waals surface area contributed by atoms with E-state index in [2.05, 4.69) is 0 Å². The Labute approximate surface area is 119 Å². The maximum Gasteiger partial charge on any atom is 0.253 e. The van der Waals surface area contributed by atoms with Gasteiger partial charge in [0.15, 0.2) is 0 Å². The van der Waals surface area contributed by atoms with Crippen molar-refractivity contribution in [2.45, 2.75) is 6.42 Å². The highest BCUT2D eigenvalue weighted by Gasteiger charge is 2.11. The summed E-state index contributed by atoms with van der Waals surface area (Å²) in [6, 6.07) is 19.6. The van der Waals surface area contributed by atoms with Crippen LogP contribution < -0.4 is 0 Å². The van der Waals surface area contributed by atoms with Crippen LogP contribution in [0.5, 0.6) is 0 Å². The zero-order chi connectivity index (χ0) is 14.4. The Hall–Kier alpha value is -2.60. The summed E-state index contributed by atoms with van der Waals surface area (Å²) < 4.78 is 0. The molecule has 1 amide bonds. The number of nitrogens with zero attached hydrogens (tertiary/aromatic N) is 2. The fourth-order valence-corrected chi connectivity index (χ4v) is 1.98. The predicted molar refractivity (Wildman–Crippen MR) is 79.1 cm³/mol. The van der Waals surface area contributed by atoms with Gasteiger partial charge in [-0.15, -0.1) is 0 Å². The van der Waals surface area contributed by atoms with Crippen LogP contribution in [0.15, 0.2) is 54.6 Å². The minimum Gasteiger partial charge on any atom is -0.341 e. The van der Waals surface area contributed by atoms with Crippen molar-refractivity contribution in [1.29, 1.82) is 5.26 Å². The highest BCUT2D eigenvalue weighted by molar-refractivity contribution is 5.94. The van der Waals surface area contributed by atoms with Crippen LogP contribution in [0.4, 0.5) is 0 Å². The topological polar surface area (TPSA) is 44.1 Å². The molecule has 0 heterocycles. The second-order valence-electron chi connectivity index (χ2n) is 4.58. The minimum absolute atomic E-state index is 0.0557. The number of benzene rings is 2. The highest BCUT2D eigenvalue weighted by atomic mass is 16.2. The standard InChI is InChI=1S/C17H16N2O/c1-19(13-5-12-18)17(20)16-10-8-15(9-11-16)14-6-3-2-4-7-14/h2-4,6-11H,5,13H2,1H3. The van der Waals surface area contributed by atoms with Crippen molar-refractivity contribution >= 4 is 5.91 Å². The Kier molecular flexibility index (Phi) is 4.52. The third-order valence-corrected chi connectivity index (χ3v) is 3.14. The van der Waals surface area contributed by atoms with Gasteiger partial charge in [0.05, 0.1) is 12.5 Å². The van der Waals surface area contributed by atoms with Gasteiger partial charge in [0.25, 0.3) is 5.91 Å². The SMILES string of the molecule is CN(CCC#N)C(=O)c1ccc(-c2ccccc2)cc1.